The Morgan fingerprint density at radius 2 is 1.77 bits per heavy atom. The van der Waals surface area contributed by atoms with Gasteiger partial charge in [-0.05, 0) is 36.8 Å². The highest BCUT2D eigenvalue weighted by molar-refractivity contribution is 5.36. The lowest BCUT2D eigenvalue weighted by atomic mass is 10.1. The van der Waals surface area contributed by atoms with Crippen LogP contribution in [-0.4, -0.2) is 21.9 Å². The normalized spacial score (nSPS) is 10.6. The summed E-state index contributed by atoms with van der Waals surface area (Å²) in [5, 5.41) is 6.67. The summed E-state index contributed by atoms with van der Waals surface area (Å²) in [5.41, 5.74) is 2.80. The first-order valence-corrected chi connectivity index (χ1v) is 7.03. The Hall–Kier alpha value is -2.82. The van der Waals surface area contributed by atoms with Crippen LogP contribution in [0.15, 0.2) is 53.3 Å². The van der Waals surface area contributed by atoms with E-state index in [1.807, 2.05) is 55.5 Å². The Bertz CT molecular complexity index is 814. The van der Waals surface area contributed by atoms with E-state index in [0.717, 1.165) is 22.6 Å². The van der Waals surface area contributed by atoms with E-state index < -0.39 is 0 Å². The third-order valence-electron chi connectivity index (χ3n) is 3.56. The number of ether oxygens (including phenoxy) is 1. The van der Waals surface area contributed by atoms with Crippen molar-refractivity contribution in [3.05, 3.63) is 76.0 Å². The Morgan fingerprint density at radius 1 is 1.09 bits per heavy atom. The summed E-state index contributed by atoms with van der Waals surface area (Å²) in [6.45, 7) is 2.01. The van der Waals surface area contributed by atoms with Crippen LogP contribution in [0, 0.1) is 6.92 Å². The first-order valence-electron chi connectivity index (χ1n) is 7.03. The van der Waals surface area contributed by atoms with E-state index in [0.29, 0.717) is 12.2 Å². The fourth-order valence-electron chi connectivity index (χ4n) is 2.33. The molecule has 0 atom stereocenters. The van der Waals surface area contributed by atoms with Crippen LogP contribution >= 0.6 is 0 Å². The average molecular weight is 295 g/mol. The third-order valence-corrected chi connectivity index (χ3v) is 3.56. The summed E-state index contributed by atoms with van der Waals surface area (Å²) >= 11 is 0. The number of aryl methyl sites for hydroxylation is 1. The molecule has 3 rings (SSSR count). The van der Waals surface area contributed by atoms with Crippen LogP contribution in [-0.2, 0) is 6.42 Å². The molecule has 1 aromatic heterocycles. The van der Waals surface area contributed by atoms with Gasteiger partial charge in [-0.1, -0.05) is 29.8 Å². The van der Waals surface area contributed by atoms with Gasteiger partial charge in [0, 0.05) is 6.42 Å². The molecule has 0 unspecified atom stereocenters. The van der Waals surface area contributed by atoms with Gasteiger partial charge in [-0.25, -0.2) is 14.5 Å². The molecule has 1 heterocycles. The van der Waals surface area contributed by atoms with Gasteiger partial charge in [0.05, 0.1) is 12.8 Å². The van der Waals surface area contributed by atoms with Gasteiger partial charge >= 0.3 is 5.69 Å². The summed E-state index contributed by atoms with van der Waals surface area (Å²) in [6.07, 6.45) is 0.566. The second-order valence-electron chi connectivity index (χ2n) is 5.14. The van der Waals surface area contributed by atoms with Gasteiger partial charge < -0.3 is 4.74 Å². The van der Waals surface area contributed by atoms with Gasteiger partial charge in [0.2, 0.25) is 0 Å². The molecular formula is C17H17N3O2. The van der Waals surface area contributed by atoms with Crippen molar-refractivity contribution in [2.24, 2.45) is 0 Å². The molecule has 0 aliphatic carbocycles. The summed E-state index contributed by atoms with van der Waals surface area (Å²) in [6, 6.07) is 15.5. The minimum Gasteiger partial charge on any atom is -0.497 e. The molecule has 0 bridgehead atoms. The molecule has 3 aromatic rings. The van der Waals surface area contributed by atoms with Crippen molar-refractivity contribution in [3.63, 3.8) is 0 Å². The lowest BCUT2D eigenvalue weighted by molar-refractivity contribution is 0.414. The zero-order valence-corrected chi connectivity index (χ0v) is 12.5. The van der Waals surface area contributed by atoms with Crippen LogP contribution in [0.4, 0.5) is 0 Å². The van der Waals surface area contributed by atoms with Gasteiger partial charge in [0.25, 0.3) is 0 Å². The van der Waals surface area contributed by atoms with Crippen molar-refractivity contribution >= 4 is 0 Å². The highest BCUT2D eigenvalue weighted by Crippen LogP contribution is 2.15. The predicted octanol–water partition coefficient (Wildman–Crippen LogP) is 2.47. The largest absolute Gasteiger partial charge is 0.497 e. The van der Waals surface area contributed by atoms with Crippen molar-refractivity contribution in [3.8, 4) is 11.4 Å². The van der Waals surface area contributed by atoms with E-state index in [1.165, 1.54) is 0 Å². The van der Waals surface area contributed by atoms with E-state index in [9.17, 15) is 4.79 Å². The van der Waals surface area contributed by atoms with Crippen LogP contribution in [0.25, 0.3) is 5.69 Å². The fourth-order valence-corrected chi connectivity index (χ4v) is 2.33. The Kier molecular flexibility index (Phi) is 3.78. The predicted molar refractivity (Wildman–Crippen MR) is 84.7 cm³/mol. The minimum absolute atomic E-state index is 0.229. The zero-order chi connectivity index (χ0) is 15.5. The van der Waals surface area contributed by atoms with Crippen molar-refractivity contribution in [1.82, 2.24) is 14.8 Å². The summed E-state index contributed by atoms with van der Waals surface area (Å²) in [7, 11) is 1.64. The second kappa shape index (κ2) is 5.89. The molecule has 0 fully saturated rings. The van der Waals surface area contributed by atoms with Crippen molar-refractivity contribution in [2.75, 3.05) is 7.11 Å². The number of aromatic nitrogens is 3. The van der Waals surface area contributed by atoms with E-state index in [1.54, 1.807) is 11.7 Å². The SMILES string of the molecule is COc1ccc(Cc2n[nH]c(=O)n2-c2ccc(C)cc2)cc1. The summed E-state index contributed by atoms with van der Waals surface area (Å²) in [5.74, 6) is 1.49. The summed E-state index contributed by atoms with van der Waals surface area (Å²) in [4.78, 5) is 12.0. The molecule has 0 saturated heterocycles. The molecule has 1 N–H and O–H groups in total. The van der Waals surface area contributed by atoms with E-state index in [2.05, 4.69) is 10.2 Å². The number of nitrogens with zero attached hydrogens (tertiary/aromatic N) is 2. The number of benzene rings is 2. The maximum absolute atomic E-state index is 12.0. The van der Waals surface area contributed by atoms with Crippen LogP contribution in [0.1, 0.15) is 17.0 Å². The number of methoxy groups -OCH3 is 1. The first-order chi connectivity index (χ1) is 10.7. The van der Waals surface area contributed by atoms with Crippen LogP contribution in [0.2, 0.25) is 0 Å². The average Bonchev–Trinajstić information content (AvgIpc) is 2.90. The minimum atomic E-state index is -0.229. The Balaban J connectivity index is 1.94. The van der Waals surface area contributed by atoms with Gasteiger partial charge in [0.1, 0.15) is 11.6 Å². The van der Waals surface area contributed by atoms with Gasteiger partial charge in [-0.2, -0.15) is 5.10 Å². The molecule has 2 aromatic carbocycles. The molecule has 0 radical (unpaired) electrons. The maximum atomic E-state index is 12.0. The fraction of sp³-hybridized carbons (Fsp3) is 0.176. The quantitative estimate of drug-likeness (QED) is 0.804. The molecule has 112 valence electrons. The molecule has 0 aliphatic rings. The monoisotopic (exact) mass is 295 g/mol. The molecule has 5 nitrogen and oxygen atoms in total. The van der Waals surface area contributed by atoms with E-state index in [-0.39, 0.29) is 5.69 Å². The van der Waals surface area contributed by atoms with E-state index >= 15 is 0 Å². The highest BCUT2D eigenvalue weighted by Gasteiger charge is 2.11. The van der Waals surface area contributed by atoms with Gasteiger partial charge in [0.15, 0.2) is 0 Å². The van der Waals surface area contributed by atoms with Crippen molar-refractivity contribution in [2.45, 2.75) is 13.3 Å². The highest BCUT2D eigenvalue weighted by atomic mass is 16.5. The van der Waals surface area contributed by atoms with Crippen molar-refractivity contribution < 1.29 is 4.74 Å². The Morgan fingerprint density at radius 3 is 2.41 bits per heavy atom. The molecular weight excluding hydrogens is 278 g/mol. The number of hydrogen-bond acceptors (Lipinski definition) is 3. The molecule has 22 heavy (non-hydrogen) atoms. The third kappa shape index (κ3) is 2.79. The molecule has 5 heteroatoms. The topological polar surface area (TPSA) is 59.9 Å². The number of nitrogens with one attached hydrogen (secondary N) is 1. The van der Waals surface area contributed by atoms with Crippen LogP contribution in [0.5, 0.6) is 5.75 Å². The molecule has 0 saturated carbocycles. The zero-order valence-electron chi connectivity index (χ0n) is 12.5. The van der Waals surface area contributed by atoms with E-state index in [4.69, 9.17) is 4.74 Å². The number of rotatable bonds is 4. The number of H-pyrrole nitrogens is 1. The number of aromatic amines is 1. The maximum Gasteiger partial charge on any atom is 0.347 e. The Labute approximate surface area is 128 Å². The second-order valence-corrected chi connectivity index (χ2v) is 5.14. The first kappa shape index (κ1) is 14.1. The van der Waals surface area contributed by atoms with Gasteiger partial charge in [-0.15, -0.1) is 0 Å². The number of hydrogen-bond donors (Lipinski definition) is 1. The van der Waals surface area contributed by atoms with Crippen LogP contribution < -0.4 is 10.4 Å². The lowest BCUT2D eigenvalue weighted by Gasteiger charge is -2.07. The molecule has 0 spiro atoms. The standard InChI is InChI=1S/C17H17N3O2/c1-12-3-7-14(8-4-12)20-16(18-19-17(20)21)11-13-5-9-15(22-2)10-6-13/h3-10H,11H2,1-2H3,(H,19,21). The smallest absolute Gasteiger partial charge is 0.347 e. The lowest BCUT2D eigenvalue weighted by Crippen LogP contribution is -2.17. The molecule has 0 amide bonds. The van der Waals surface area contributed by atoms with Crippen molar-refractivity contribution in [1.29, 1.82) is 0 Å². The summed E-state index contributed by atoms with van der Waals surface area (Å²) < 4.78 is 6.75. The molecule has 0 aliphatic heterocycles. The van der Waals surface area contributed by atoms with Gasteiger partial charge in [-0.3, -0.25) is 0 Å². The van der Waals surface area contributed by atoms with Crippen LogP contribution in [0.3, 0.4) is 0 Å².